The fraction of sp³-hybridized carbons (Fsp3) is 0.400. The lowest BCUT2D eigenvalue weighted by atomic mass is 10.1. The van der Waals surface area contributed by atoms with Gasteiger partial charge >= 0.3 is 0 Å². The van der Waals surface area contributed by atoms with Gasteiger partial charge in [0.15, 0.2) is 0 Å². The largest absolute Gasteiger partial charge is 0.497 e. The molecule has 0 aliphatic rings. The van der Waals surface area contributed by atoms with Gasteiger partial charge in [-0.15, -0.1) is 24.8 Å². The van der Waals surface area contributed by atoms with Crippen molar-refractivity contribution < 1.29 is 9.84 Å². The smallest absolute Gasteiger partial charge is 0.119 e. The minimum Gasteiger partial charge on any atom is -0.497 e. The number of nitrogens with zero attached hydrogens (tertiary/aromatic N) is 1. The Kier molecular flexibility index (Phi) is 9.29. The fourth-order valence-electron chi connectivity index (χ4n) is 1.98. The van der Waals surface area contributed by atoms with E-state index in [2.05, 4.69) is 10.3 Å². The lowest BCUT2D eigenvalue weighted by Crippen LogP contribution is -2.25. The summed E-state index contributed by atoms with van der Waals surface area (Å²) in [4.78, 5) is 4.34. The number of benzene rings is 1. The van der Waals surface area contributed by atoms with Crippen LogP contribution < -0.4 is 10.1 Å². The summed E-state index contributed by atoms with van der Waals surface area (Å²) in [6.07, 6.45) is 2.28. The van der Waals surface area contributed by atoms with E-state index in [1.807, 2.05) is 37.4 Å². The van der Waals surface area contributed by atoms with Crippen LogP contribution in [0.2, 0.25) is 0 Å². The zero-order chi connectivity index (χ0) is 13.7. The van der Waals surface area contributed by atoms with Gasteiger partial charge in [-0.2, -0.15) is 0 Å². The van der Waals surface area contributed by atoms with Gasteiger partial charge in [-0.05, 0) is 36.2 Å². The molecular formula is C15H22Cl2N2O2. The predicted molar refractivity (Wildman–Crippen MR) is 90.8 cm³/mol. The number of nitrogens with one attached hydrogen (secondary N) is 1. The lowest BCUT2D eigenvalue weighted by Gasteiger charge is -2.11. The quantitative estimate of drug-likeness (QED) is 0.853. The van der Waals surface area contributed by atoms with Crippen LogP contribution in [0.1, 0.15) is 18.9 Å². The molecule has 0 saturated carbocycles. The van der Waals surface area contributed by atoms with Crippen LogP contribution >= 0.6 is 24.8 Å². The number of hydrogen-bond acceptors (Lipinski definition) is 4. The van der Waals surface area contributed by atoms with Crippen LogP contribution in [0.5, 0.6) is 5.75 Å². The van der Waals surface area contributed by atoms with Gasteiger partial charge in [-0.25, -0.2) is 0 Å². The summed E-state index contributed by atoms with van der Waals surface area (Å²) in [7, 11) is 1.66. The molecule has 0 spiro atoms. The molecule has 1 aromatic carbocycles. The summed E-state index contributed by atoms with van der Waals surface area (Å²) < 4.78 is 5.25. The topological polar surface area (TPSA) is 54.4 Å². The van der Waals surface area contributed by atoms with Gasteiger partial charge < -0.3 is 15.2 Å². The highest BCUT2D eigenvalue weighted by atomic mass is 35.5. The van der Waals surface area contributed by atoms with Crippen molar-refractivity contribution in [2.24, 2.45) is 0 Å². The van der Waals surface area contributed by atoms with Crippen molar-refractivity contribution in [2.45, 2.75) is 26.0 Å². The SMILES string of the molecule is CCC(O)CNCc1ccnc2ccc(OC)cc12.Cl.Cl. The van der Waals surface area contributed by atoms with E-state index in [1.165, 1.54) is 0 Å². The van der Waals surface area contributed by atoms with Crippen LogP contribution in [0.3, 0.4) is 0 Å². The van der Waals surface area contributed by atoms with E-state index in [-0.39, 0.29) is 30.9 Å². The molecule has 1 aromatic heterocycles. The summed E-state index contributed by atoms with van der Waals surface area (Å²) in [5, 5.41) is 13.9. The van der Waals surface area contributed by atoms with E-state index in [9.17, 15) is 5.11 Å². The molecule has 6 heteroatoms. The number of fused-ring (bicyclic) bond motifs is 1. The maximum absolute atomic E-state index is 9.54. The standard InChI is InChI=1S/C15H20N2O2.2ClH/c1-3-12(18)10-16-9-11-6-7-17-15-5-4-13(19-2)8-14(11)15;;/h4-8,12,16,18H,3,9-10H2,1-2H3;2*1H. The zero-order valence-electron chi connectivity index (χ0n) is 12.2. The molecule has 118 valence electrons. The molecule has 2 rings (SSSR count). The molecule has 1 unspecified atom stereocenters. The van der Waals surface area contributed by atoms with E-state index in [1.54, 1.807) is 7.11 Å². The normalized spacial score (nSPS) is 11.4. The average Bonchev–Trinajstić information content (AvgIpc) is 2.46. The maximum atomic E-state index is 9.54. The Bertz CT molecular complexity index is 552. The molecular weight excluding hydrogens is 311 g/mol. The van der Waals surface area contributed by atoms with Gasteiger partial charge in [0, 0.05) is 24.7 Å². The number of aromatic nitrogens is 1. The molecule has 1 heterocycles. The summed E-state index contributed by atoms with van der Waals surface area (Å²) in [6, 6.07) is 7.86. The van der Waals surface area contributed by atoms with Gasteiger partial charge in [0.05, 0.1) is 18.7 Å². The molecule has 0 aliphatic heterocycles. The molecule has 1 atom stereocenters. The molecule has 2 aromatic rings. The van der Waals surface area contributed by atoms with Crippen molar-refractivity contribution in [2.75, 3.05) is 13.7 Å². The second-order valence-electron chi connectivity index (χ2n) is 4.55. The van der Waals surface area contributed by atoms with E-state index >= 15 is 0 Å². The Labute approximate surface area is 137 Å². The first-order valence-corrected chi connectivity index (χ1v) is 6.55. The van der Waals surface area contributed by atoms with Crippen molar-refractivity contribution in [3.8, 4) is 5.75 Å². The molecule has 2 N–H and O–H groups in total. The lowest BCUT2D eigenvalue weighted by molar-refractivity contribution is 0.167. The molecule has 0 fully saturated rings. The summed E-state index contributed by atoms with van der Waals surface area (Å²) in [6.45, 7) is 3.28. The second kappa shape index (κ2) is 9.79. The van der Waals surface area contributed by atoms with Gasteiger partial charge in [0.25, 0.3) is 0 Å². The molecule has 0 amide bonds. The van der Waals surface area contributed by atoms with E-state index in [0.717, 1.165) is 28.6 Å². The van der Waals surface area contributed by atoms with Gasteiger partial charge in [0.1, 0.15) is 5.75 Å². The first kappa shape index (κ1) is 19.9. The predicted octanol–water partition coefficient (Wildman–Crippen LogP) is 2.95. The number of pyridine rings is 1. The highest BCUT2D eigenvalue weighted by Crippen LogP contribution is 2.22. The zero-order valence-corrected chi connectivity index (χ0v) is 13.8. The van der Waals surface area contributed by atoms with Gasteiger partial charge in [-0.3, -0.25) is 4.98 Å². The van der Waals surface area contributed by atoms with Crippen LogP contribution in [-0.2, 0) is 6.54 Å². The Morgan fingerprint density at radius 2 is 2.05 bits per heavy atom. The van der Waals surface area contributed by atoms with Crippen molar-refractivity contribution >= 4 is 35.7 Å². The first-order valence-electron chi connectivity index (χ1n) is 6.55. The first-order chi connectivity index (χ1) is 9.24. The third kappa shape index (κ3) is 5.32. The monoisotopic (exact) mass is 332 g/mol. The number of hydrogen-bond donors (Lipinski definition) is 2. The van der Waals surface area contributed by atoms with Crippen LogP contribution in [0.15, 0.2) is 30.5 Å². The van der Waals surface area contributed by atoms with Gasteiger partial charge in [0.2, 0.25) is 0 Å². The summed E-state index contributed by atoms with van der Waals surface area (Å²) in [5.41, 5.74) is 2.11. The van der Waals surface area contributed by atoms with Gasteiger partial charge in [-0.1, -0.05) is 6.92 Å². The third-order valence-corrected chi connectivity index (χ3v) is 3.21. The molecule has 0 saturated heterocycles. The van der Waals surface area contributed by atoms with Crippen molar-refractivity contribution in [1.82, 2.24) is 10.3 Å². The number of aliphatic hydroxyl groups is 1. The molecule has 0 radical (unpaired) electrons. The number of aliphatic hydroxyl groups excluding tert-OH is 1. The number of halogens is 2. The highest BCUT2D eigenvalue weighted by Gasteiger charge is 2.05. The molecule has 21 heavy (non-hydrogen) atoms. The minimum atomic E-state index is -0.289. The average molecular weight is 333 g/mol. The number of ether oxygens (including phenoxy) is 1. The number of methoxy groups -OCH3 is 1. The molecule has 4 nitrogen and oxygen atoms in total. The van der Waals surface area contributed by atoms with E-state index in [4.69, 9.17) is 4.74 Å². The fourth-order valence-corrected chi connectivity index (χ4v) is 1.98. The highest BCUT2D eigenvalue weighted by molar-refractivity contribution is 5.85. The van der Waals surface area contributed by atoms with E-state index in [0.29, 0.717) is 13.1 Å². The molecule has 0 aliphatic carbocycles. The van der Waals surface area contributed by atoms with Crippen LogP contribution in [0.4, 0.5) is 0 Å². The van der Waals surface area contributed by atoms with Crippen molar-refractivity contribution in [3.63, 3.8) is 0 Å². The maximum Gasteiger partial charge on any atom is 0.119 e. The summed E-state index contributed by atoms with van der Waals surface area (Å²) in [5.74, 6) is 0.829. The molecule has 0 bridgehead atoms. The Balaban J connectivity index is 0.00000200. The number of rotatable bonds is 6. The van der Waals surface area contributed by atoms with Crippen LogP contribution in [-0.4, -0.2) is 29.8 Å². The Morgan fingerprint density at radius 1 is 1.29 bits per heavy atom. The van der Waals surface area contributed by atoms with E-state index < -0.39 is 0 Å². The Hall–Kier alpha value is -1.07. The van der Waals surface area contributed by atoms with Crippen LogP contribution in [0, 0.1) is 0 Å². The van der Waals surface area contributed by atoms with Crippen LogP contribution in [0.25, 0.3) is 10.9 Å². The third-order valence-electron chi connectivity index (χ3n) is 3.21. The summed E-state index contributed by atoms with van der Waals surface area (Å²) >= 11 is 0. The second-order valence-corrected chi connectivity index (χ2v) is 4.55. The van der Waals surface area contributed by atoms with Crippen molar-refractivity contribution in [1.29, 1.82) is 0 Å². The van der Waals surface area contributed by atoms with Crippen molar-refractivity contribution in [3.05, 3.63) is 36.0 Å². The minimum absolute atomic E-state index is 0. The Morgan fingerprint density at radius 3 is 2.71 bits per heavy atom.